The number of halogens is 5. The van der Waals surface area contributed by atoms with Crippen molar-refractivity contribution in [3.8, 4) is 5.75 Å². The van der Waals surface area contributed by atoms with Crippen LogP contribution in [0, 0.1) is 23.7 Å². The summed E-state index contributed by atoms with van der Waals surface area (Å²) < 4.78 is 45.9. The molecular formula is C38H33Cl2F3N4O8. The normalized spacial score (nSPS) is 26.1. The number of aliphatic hydroxyl groups excluding tert-OH is 1. The Kier molecular flexibility index (Phi) is 10.2. The van der Waals surface area contributed by atoms with Crippen molar-refractivity contribution in [1.82, 2.24) is 14.9 Å². The molecule has 0 spiro atoms. The first-order chi connectivity index (χ1) is 26.2. The number of aliphatic carboxylic acids is 1. The minimum atomic E-state index is -4.76. The maximum absolute atomic E-state index is 15.2. The van der Waals surface area contributed by atoms with E-state index in [1.54, 1.807) is 48.5 Å². The summed E-state index contributed by atoms with van der Waals surface area (Å²) in [4.78, 5) is 73.9. The van der Waals surface area contributed by atoms with Gasteiger partial charge in [-0.15, -0.1) is 0 Å². The number of hydrogen-bond acceptors (Lipinski definition) is 9. The number of carbonyl (C=O) groups is 5. The lowest BCUT2D eigenvalue weighted by Gasteiger charge is -2.50. The van der Waals surface area contributed by atoms with Crippen LogP contribution < -0.4 is 10.2 Å². The molecule has 288 valence electrons. The third-order valence-corrected chi connectivity index (χ3v) is 11.5. The largest absolute Gasteiger partial charge is 0.491 e. The predicted octanol–water partition coefficient (Wildman–Crippen LogP) is 5.63. The van der Waals surface area contributed by atoms with Gasteiger partial charge in [0, 0.05) is 30.1 Å². The van der Waals surface area contributed by atoms with Gasteiger partial charge in [0.15, 0.2) is 5.82 Å². The highest BCUT2D eigenvalue weighted by molar-refractivity contribution is 6.33. The first kappa shape index (κ1) is 38.3. The van der Waals surface area contributed by atoms with Crippen LogP contribution in [0.4, 0.5) is 19.0 Å². The molecule has 6 unspecified atom stereocenters. The Morgan fingerprint density at radius 3 is 2.35 bits per heavy atom. The van der Waals surface area contributed by atoms with Crippen molar-refractivity contribution in [2.45, 2.75) is 43.2 Å². The molecule has 2 aromatic carbocycles. The van der Waals surface area contributed by atoms with Crippen LogP contribution in [-0.4, -0.2) is 74.5 Å². The number of carboxylic acids is 1. The molecule has 0 radical (unpaired) electrons. The molecule has 4 aliphatic rings. The number of aromatic nitrogens is 1. The number of imide groups is 2. The van der Waals surface area contributed by atoms with E-state index in [4.69, 9.17) is 33.0 Å². The van der Waals surface area contributed by atoms with E-state index >= 15 is 4.79 Å². The van der Waals surface area contributed by atoms with E-state index < -0.39 is 81.4 Å². The molecule has 3 heterocycles. The quantitative estimate of drug-likeness (QED) is 0.164. The van der Waals surface area contributed by atoms with Crippen LogP contribution in [0.5, 0.6) is 5.75 Å². The fourth-order valence-electron chi connectivity index (χ4n) is 8.75. The molecule has 7 rings (SSSR count). The molecule has 3 N–H and O–H groups in total. The van der Waals surface area contributed by atoms with Crippen LogP contribution in [0.2, 0.25) is 10.0 Å². The molecular weight excluding hydrogens is 768 g/mol. The lowest BCUT2D eigenvalue weighted by molar-refractivity contribution is -0.142. The summed E-state index contributed by atoms with van der Waals surface area (Å²) >= 11 is 12.5. The fourth-order valence-corrected chi connectivity index (χ4v) is 9.09. The summed E-state index contributed by atoms with van der Waals surface area (Å²) in [6.45, 7) is -0.310. The SMILES string of the molecule is O=C(O)CCCN1C(=O)C2CC=C3C(CC4C(=O)N(Nc5ncc(C(F)(F)F)cc5Cl)C(=O)C4(c4ccc(Cl)cc4)C3c3ccc(OCCO)cc3)C2C1=O. The second-order valence-electron chi connectivity index (χ2n) is 13.9. The molecule has 1 saturated carbocycles. The Labute approximate surface area is 321 Å². The topological polar surface area (TPSA) is 166 Å². The number of aliphatic hydroxyl groups is 1. The second-order valence-corrected chi connectivity index (χ2v) is 14.7. The summed E-state index contributed by atoms with van der Waals surface area (Å²) in [6, 6.07) is 13.7. The van der Waals surface area contributed by atoms with Crippen molar-refractivity contribution in [2.24, 2.45) is 23.7 Å². The number of allylic oxidation sites excluding steroid dienone is 2. The highest BCUT2D eigenvalue weighted by Gasteiger charge is 2.70. The predicted molar refractivity (Wildman–Crippen MR) is 189 cm³/mol. The lowest BCUT2D eigenvalue weighted by Crippen LogP contribution is -2.53. The first-order valence-corrected chi connectivity index (χ1v) is 18.2. The number of benzene rings is 2. The molecule has 0 bridgehead atoms. The minimum Gasteiger partial charge on any atom is -0.491 e. The maximum atomic E-state index is 15.2. The van der Waals surface area contributed by atoms with Gasteiger partial charge < -0.3 is 14.9 Å². The number of hydrogen-bond donors (Lipinski definition) is 3. The van der Waals surface area contributed by atoms with Crippen molar-refractivity contribution < 1.29 is 52.1 Å². The number of ether oxygens (including phenoxy) is 1. The van der Waals surface area contributed by atoms with Crippen LogP contribution in [0.1, 0.15) is 48.3 Å². The Morgan fingerprint density at radius 1 is 1.00 bits per heavy atom. The van der Waals surface area contributed by atoms with Crippen LogP contribution in [-0.2, 0) is 35.6 Å². The number of alkyl halides is 3. The van der Waals surface area contributed by atoms with Gasteiger partial charge in [0.25, 0.3) is 11.8 Å². The average molecular weight is 802 g/mol. The molecule has 2 aliphatic carbocycles. The zero-order chi connectivity index (χ0) is 39.4. The number of carboxylic acid groups (broad SMARTS) is 1. The van der Waals surface area contributed by atoms with Crippen LogP contribution in [0.15, 0.2) is 72.4 Å². The summed E-state index contributed by atoms with van der Waals surface area (Å²) in [5.74, 6) is -8.03. The van der Waals surface area contributed by atoms with Crippen LogP contribution in [0.25, 0.3) is 0 Å². The van der Waals surface area contributed by atoms with Crippen LogP contribution in [0.3, 0.4) is 0 Å². The van der Waals surface area contributed by atoms with Gasteiger partial charge in [0.05, 0.1) is 40.4 Å². The number of hydrazine groups is 1. The van der Waals surface area contributed by atoms with E-state index in [0.29, 0.717) is 44.7 Å². The molecule has 6 atom stereocenters. The van der Waals surface area contributed by atoms with E-state index in [1.165, 1.54) is 0 Å². The summed E-state index contributed by atoms with van der Waals surface area (Å²) in [7, 11) is 0. The lowest BCUT2D eigenvalue weighted by atomic mass is 9.49. The zero-order valence-corrected chi connectivity index (χ0v) is 30.3. The molecule has 3 aromatic rings. The molecule has 2 saturated heterocycles. The highest BCUT2D eigenvalue weighted by atomic mass is 35.5. The van der Waals surface area contributed by atoms with Crippen molar-refractivity contribution in [3.05, 3.63) is 99.2 Å². The van der Waals surface area contributed by atoms with Gasteiger partial charge in [0.1, 0.15) is 12.4 Å². The van der Waals surface area contributed by atoms with Crippen molar-refractivity contribution in [2.75, 3.05) is 25.2 Å². The van der Waals surface area contributed by atoms with E-state index in [2.05, 4.69) is 10.4 Å². The monoisotopic (exact) mass is 800 g/mol. The molecule has 4 amide bonds. The van der Waals surface area contributed by atoms with Crippen molar-refractivity contribution >= 4 is 58.6 Å². The first-order valence-electron chi connectivity index (χ1n) is 17.4. The molecule has 55 heavy (non-hydrogen) atoms. The number of amides is 4. The number of anilines is 1. The Balaban J connectivity index is 1.38. The van der Waals surface area contributed by atoms with Crippen LogP contribution >= 0.6 is 23.2 Å². The van der Waals surface area contributed by atoms with Gasteiger partial charge in [-0.1, -0.05) is 59.1 Å². The molecule has 12 nitrogen and oxygen atoms in total. The third kappa shape index (κ3) is 6.51. The Morgan fingerprint density at radius 2 is 1.71 bits per heavy atom. The Hall–Kier alpha value is -4.99. The van der Waals surface area contributed by atoms with E-state index in [1.807, 2.05) is 6.08 Å². The molecule has 17 heteroatoms. The maximum Gasteiger partial charge on any atom is 0.417 e. The zero-order valence-electron chi connectivity index (χ0n) is 28.8. The van der Waals surface area contributed by atoms with E-state index in [-0.39, 0.29) is 51.3 Å². The number of carbonyl (C=O) groups excluding carboxylic acids is 4. The summed E-state index contributed by atoms with van der Waals surface area (Å²) in [5.41, 5.74) is 1.32. The number of nitrogens with one attached hydrogen (secondary N) is 1. The van der Waals surface area contributed by atoms with E-state index in [0.717, 1.165) is 4.90 Å². The number of pyridine rings is 1. The van der Waals surface area contributed by atoms with Gasteiger partial charge in [0.2, 0.25) is 11.8 Å². The third-order valence-electron chi connectivity index (χ3n) is 11.0. The van der Waals surface area contributed by atoms with Crippen molar-refractivity contribution in [3.63, 3.8) is 0 Å². The summed E-state index contributed by atoms with van der Waals surface area (Å²) in [6.07, 6.45) is -2.52. The number of nitrogens with zero attached hydrogens (tertiary/aromatic N) is 3. The molecule has 3 fully saturated rings. The second kappa shape index (κ2) is 14.6. The van der Waals surface area contributed by atoms with E-state index in [9.17, 15) is 37.5 Å². The van der Waals surface area contributed by atoms with Gasteiger partial charge in [-0.2, -0.15) is 18.2 Å². The standard InChI is InChI=1S/C38H33Cl2F3N4O8/c39-22-7-5-20(6-8-22)37-27(34(52)47(36(37)54)45-32-28(40)16-21(18-44-32)38(41,42)43)17-26-24(31(37)19-3-9-23(10-4-19)55-15-14-48)11-12-25-30(26)35(53)46(33(25)51)13-1-2-29(49)50/h3-11,16,18,25-27,30-31,48H,1-2,12-15,17H2,(H,44,45)(H,49,50). The highest BCUT2D eigenvalue weighted by Crippen LogP contribution is 2.64. The molecule has 1 aromatic heterocycles. The number of rotatable bonds is 11. The van der Waals surface area contributed by atoms with Gasteiger partial charge in [-0.05, 0) is 66.6 Å². The number of likely N-dealkylation sites (tertiary alicyclic amines) is 1. The molecule has 2 aliphatic heterocycles. The van der Waals surface area contributed by atoms with Crippen molar-refractivity contribution in [1.29, 1.82) is 0 Å². The smallest absolute Gasteiger partial charge is 0.417 e. The summed E-state index contributed by atoms with van der Waals surface area (Å²) in [5, 5.41) is 19.0. The average Bonchev–Trinajstić information content (AvgIpc) is 3.52. The minimum absolute atomic E-state index is 0.0170. The fraction of sp³-hybridized carbons (Fsp3) is 0.368. The van der Waals surface area contributed by atoms with Gasteiger partial charge in [-0.25, -0.2) is 4.98 Å². The van der Waals surface area contributed by atoms with Gasteiger partial charge in [-0.3, -0.25) is 34.3 Å². The van der Waals surface area contributed by atoms with Gasteiger partial charge >= 0.3 is 12.1 Å². The Bertz CT molecular complexity index is 2100. The number of fused-ring (bicyclic) bond motifs is 4.